The fourth-order valence-corrected chi connectivity index (χ4v) is 3.88. The van der Waals surface area contributed by atoms with Crippen LogP contribution in [0.3, 0.4) is 0 Å². The molecule has 0 aliphatic carbocycles. The number of guanidine groups is 1. The normalized spacial score (nSPS) is 18.3. The summed E-state index contributed by atoms with van der Waals surface area (Å²) in [4.78, 5) is 10.0. The Labute approximate surface area is 173 Å². The molecule has 0 spiro atoms. The van der Waals surface area contributed by atoms with Gasteiger partial charge in [0.05, 0.1) is 19.8 Å². The SMILES string of the molecule is CCNC(=NCC(C)N1CCOCC1)NC(C)Cc1ccc(C)s1.I. The monoisotopic (exact) mass is 480 g/mol. The summed E-state index contributed by atoms with van der Waals surface area (Å²) in [6, 6.07) is 5.22. The van der Waals surface area contributed by atoms with Crippen molar-refractivity contribution in [2.45, 2.75) is 46.2 Å². The number of aliphatic imine (C=N–C) groups is 1. The number of halogens is 1. The number of hydrogen-bond acceptors (Lipinski definition) is 4. The van der Waals surface area contributed by atoms with E-state index in [-0.39, 0.29) is 24.0 Å². The van der Waals surface area contributed by atoms with Gasteiger partial charge in [-0.3, -0.25) is 9.89 Å². The summed E-state index contributed by atoms with van der Waals surface area (Å²) in [5.74, 6) is 0.915. The van der Waals surface area contributed by atoms with E-state index in [0.717, 1.165) is 51.8 Å². The van der Waals surface area contributed by atoms with Crippen LogP contribution in [0.5, 0.6) is 0 Å². The number of hydrogen-bond donors (Lipinski definition) is 2. The van der Waals surface area contributed by atoms with Crippen LogP contribution in [0.4, 0.5) is 0 Å². The van der Waals surface area contributed by atoms with Gasteiger partial charge in [-0.15, -0.1) is 35.3 Å². The molecular weight excluding hydrogens is 447 g/mol. The molecule has 7 heteroatoms. The molecule has 1 aromatic rings. The van der Waals surface area contributed by atoms with Crippen LogP contribution < -0.4 is 10.6 Å². The van der Waals surface area contributed by atoms with E-state index in [1.165, 1.54) is 9.75 Å². The fourth-order valence-electron chi connectivity index (χ4n) is 2.86. The van der Waals surface area contributed by atoms with Crippen LogP contribution in [0.1, 0.15) is 30.5 Å². The van der Waals surface area contributed by atoms with Gasteiger partial charge < -0.3 is 15.4 Å². The van der Waals surface area contributed by atoms with Gasteiger partial charge in [0.25, 0.3) is 0 Å². The molecule has 2 N–H and O–H groups in total. The van der Waals surface area contributed by atoms with Crippen molar-refractivity contribution in [2.24, 2.45) is 4.99 Å². The average Bonchev–Trinajstić information content (AvgIpc) is 2.98. The van der Waals surface area contributed by atoms with Crippen molar-refractivity contribution in [3.63, 3.8) is 0 Å². The molecule has 5 nitrogen and oxygen atoms in total. The molecule has 0 radical (unpaired) electrons. The van der Waals surface area contributed by atoms with Gasteiger partial charge in [0.15, 0.2) is 5.96 Å². The summed E-state index contributed by atoms with van der Waals surface area (Å²) < 4.78 is 5.42. The second-order valence-corrected chi connectivity index (χ2v) is 7.85. The summed E-state index contributed by atoms with van der Waals surface area (Å²) in [6.07, 6.45) is 1.03. The van der Waals surface area contributed by atoms with E-state index < -0.39 is 0 Å². The number of nitrogens with zero attached hydrogens (tertiary/aromatic N) is 2. The minimum atomic E-state index is 0. The third kappa shape index (κ3) is 8.23. The first-order valence-corrected chi connectivity index (χ1v) is 9.82. The molecule has 1 fully saturated rings. The first-order valence-electron chi connectivity index (χ1n) is 9.00. The first-order chi connectivity index (χ1) is 11.6. The molecule has 1 aliphatic heterocycles. The van der Waals surface area contributed by atoms with E-state index in [1.807, 2.05) is 11.3 Å². The molecule has 2 atom stereocenters. The van der Waals surface area contributed by atoms with Crippen molar-refractivity contribution >= 4 is 41.3 Å². The summed E-state index contributed by atoms with van der Waals surface area (Å²) >= 11 is 1.87. The Morgan fingerprint density at radius 3 is 2.64 bits per heavy atom. The predicted octanol–water partition coefficient (Wildman–Crippen LogP) is 2.88. The smallest absolute Gasteiger partial charge is 0.191 e. The lowest BCUT2D eigenvalue weighted by molar-refractivity contribution is 0.0220. The van der Waals surface area contributed by atoms with Gasteiger partial charge in [-0.25, -0.2) is 0 Å². The molecule has 1 aromatic heterocycles. The standard InChI is InChI=1S/C18H32N4OS.HI/c1-5-19-18(20-13-15(3)22-8-10-23-11-9-22)21-14(2)12-17-7-6-16(4)24-17;/h6-7,14-15H,5,8-13H2,1-4H3,(H2,19,20,21);1H. The second kappa shape index (κ2) is 12.1. The van der Waals surface area contributed by atoms with Crippen LogP contribution in [0.25, 0.3) is 0 Å². The third-order valence-corrected chi connectivity index (χ3v) is 5.24. The number of rotatable bonds is 7. The zero-order valence-corrected chi connectivity index (χ0v) is 19.0. The Morgan fingerprint density at radius 1 is 1.32 bits per heavy atom. The van der Waals surface area contributed by atoms with Gasteiger partial charge in [0.1, 0.15) is 0 Å². The number of morpholine rings is 1. The molecule has 0 aromatic carbocycles. The van der Waals surface area contributed by atoms with Crippen molar-refractivity contribution in [3.05, 3.63) is 21.9 Å². The van der Waals surface area contributed by atoms with Crippen LogP contribution in [0.2, 0.25) is 0 Å². The number of nitrogens with one attached hydrogen (secondary N) is 2. The van der Waals surface area contributed by atoms with Gasteiger partial charge in [-0.05, 0) is 39.8 Å². The highest BCUT2D eigenvalue weighted by molar-refractivity contribution is 14.0. The molecule has 0 saturated carbocycles. The summed E-state index contributed by atoms with van der Waals surface area (Å²) in [5, 5.41) is 6.90. The van der Waals surface area contributed by atoms with E-state index in [9.17, 15) is 0 Å². The van der Waals surface area contributed by atoms with Gasteiger partial charge in [-0.2, -0.15) is 0 Å². The highest BCUT2D eigenvalue weighted by atomic mass is 127. The number of thiophene rings is 1. The second-order valence-electron chi connectivity index (χ2n) is 6.48. The Balaban J connectivity index is 0.00000312. The quantitative estimate of drug-likeness (QED) is 0.358. The van der Waals surface area contributed by atoms with E-state index in [4.69, 9.17) is 9.73 Å². The number of aryl methyl sites for hydroxylation is 1. The topological polar surface area (TPSA) is 48.9 Å². The van der Waals surface area contributed by atoms with Crippen molar-refractivity contribution in [3.8, 4) is 0 Å². The van der Waals surface area contributed by atoms with Crippen LogP contribution >= 0.6 is 35.3 Å². The molecular formula is C18H33IN4OS. The fraction of sp³-hybridized carbons (Fsp3) is 0.722. The first kappa shape index (κ1) is 22.7. The van der Waals surface area contributed by atoms with Gasteiger partial charge in [0, 0.05) is 47.9 Å². The maximum atomic E-state index is 5.42. The Morgan fingerprint density at radius 2 is 2.04 bits per heavy atom. The molecule has 1 saturated heterocycles. The van der Waals surface area contributed by atoms with Gasteiger partial charge in [0.2, 0.25) is 0 Å². The zero-order chi connectivity index (χ0) is 17.4. The molecule has 2 heterocycles. The molecule has 1 aliphatic rings. The molecule has 2 unspecified atom stereocenters. The minimum absolute atomic E-state index is 0. The third-order valence-electron chi connectivity index (χ3n) is 4.21. The molecule has 2 rings (SSSR count). The minimum Gasteiger partial charge on any atom is -0.379 e. The maximum absolute atomic E-state index is 5.42. The Hall–Kier alpha value is -0.380. The van der Waals surface area contributed by atoms with Crippen LogP contribution in [-0.2, 0) is 11.2 Å². The maximum Gasteiger partial charge on any atom is 0.191 e. The van der Waals surface area contributed by atoms with E-state index in [1.54, 1.807) is 0 Å². The lowest BCUT2D eigenvalue weighted by Gasteiger charge is -2.31. The highest BCUT2D eigenvalue weighted by Crippen LogP contribution is 2.16. The Bertz CT molecular complexity index is 517. The van der Waals surface area contributed by atoms with Crippen LogP contribution in [0.15, 0.2) is 17.1 Å². The highest BCUT2D eigenvalue weighted by Gasteiger charge is 2.17. The van der Waals surface area contributed by atoms with Crippen molar-refractivity contribution in [1.29, 1.82) is 0 Å². The summed E-state index contributed by atoms with van der Waals surface area (Å²) in [5.41, 5.74) is 0. The number of ether oxygens (including phenoxy) is 1. The molecule has 0 bridgehead atoms. The van der Waals surface area contributed by atoms with Crippen LogP contribution in [0, 0.1) is 6.92 Å². The van der Waals surface area contributed by atoms with Gasteiger partial charge in [-0.1, -0.05) is 0 Å². The molecule has 25 heavy (non-hydrogen) atoms. The van der Waals surface area contributed by atoms with Gasteiger partial charge >= 0.3 is 0 Å². The average molecular weight is 480 g/mol. The molecule has 144 valence electrons. The largest absolute Gasteiger partial charge is 0.379 e. The zero-order valence-electron chi connectivity index (χ0n) is 15.9. The van der Waals surface area contributed by atoms with Crippen molar-refractivity contribution in [2.75, 3.05) is 39.4 Å². The summed E-state index contributed by atoms with van der Waals surface area (Å²) in [6.45, 7) is 14.1. The Kier molecular flexibility index (Phi) is 11.0. The lowest BCUT2D eigenvalue weighted by atomic mass is 10.2. The van der Waals surface area contributed by atoms with E-state index in [0.29, 0.717) is 12.1 Å². The lowest BCUT2D eigenvalue weighted by Crippen LogP contribution is -2.46. The van der Waals surface area contributed by atoms with E-state index in [2.05, 4.69) is 55.4 Å². The van der Waals surface area contributed by atoms with Crippen LogP contribution in [-0.4, -0.2) is 62.3 Å². The summed E-state index contributed by atoms with van der Waals surface area (Å²) in [7, 11) is 0. The van der Waals surface area contributed by atoms with Crippen molar-refractivity contribution < 1.29 is 4.74 Å². The predicted molar refractivity (Wildman–Crippen MR) is 119 cm³/mol. The van der Waals surface area contributed by atoms with E-state index >= 15 is 0 Å². The molecule has 0 amide bonds. The van der Waals surface area contributed by atoms with Crippen molar-refractivity contribution in [1.82, 2.24) is 15.5 Å².